The zero-order valence-electron chi connectivity index (χ0n) is 16.5. The lowest BCUT2D eigenvalue weighted by atomic mass is 10.1. The van der Waals surface area contributed by atoms with Crippen molar-refractivity contribution in [1.82, 2.24) is 0 Å². The number of hydrogen-bond acceptors (Lipinski definition) is 5. The Balaban J connectivity index is 1.38. The van der Waals surface area contributed by atoms with E-state index in [4.69, 9.17) is 0 Å². The Morgan fingerprint density at radius 1 is 0.667 bits per heavy atom. The van der Waals surface area contributed by atoms with Crippen LogP contribution in [0.2, 0.25) is 0 Å². The summed E-state index contributed by atoms with van der Waals surface area (Å²) in [6.45, 7) is 3.73. The van der Waals surface area contributed by atoms with Crippen molar-refractivity contribution in [2.45, 2.75) is 0 Å². The molecule has 6 nitrogen and oxygen atoms in total. The van der Waals surface area contributed by atoms with E-state index in [9.17, 15) is 14.7 Å². The minimum atomic E-state index is -1.37. The summed E-state index contributed by atoms with van der Waals surface area (Å²) in [5.41, 5.74) is 2.91. The van der Waals surface area contributed by atoms with Gasteiger partial charge in [0.2, 0.25) is 0 Å². The molecular formula is C24H22N3O3-. The Kier molecular flexibility index (Phi) is 5.66. The van der Waals surface area contributed by atoms with Crippen LogP contribution in [0.4, 0.5) is 17.1 Å². The van der Waals surface area contributed by atoms with Crippen LogP contribution in [0.15, 0.2) is 78.9 Å². The van der Waals surface area contributed by atoms with E-state index in [2.05, 4.69) is 39.4 Å². The maximum Gasteiger partial charge on any atom is 0.256 e. The van der Waals surface area contributed by atoms with Crippen LogP contribution in [0.3, 0.4) is 0 Å². The Morgan fingerprint density at radius 2 is 1.17 bits per heavy atom. The number of carbonyl (C=O) groups excluding carboxylic acids is 2. The highest BCUT2D eigenvalue weighted by molar-refractivity contribution is 6.10. The van der Waals surface area contributed by atoms with E-state index in [-0.39, 0.29) is 11.1 Å². The molecule has 1 saturated heterocycles. The number of rotatable bonds is 5. The molecule has 152 valence electrons. The standard InChI is InChI=1S/C24H23N3O3/c28-23(21-8-4-5-9-22(21)24(29)30)25-18-10-12-20(13-11-18)27-16-14-26(15-17-27)19-6-2-1-3-7-19/h1-13H,14-17H2,(H,25,28)(H,29,30)/p-1. The van der Waals surface area contributed by atoms with Crippen molar-refractivity contribution in [3.8, 4) is 0 Å². The number of nitrogens with zero attached hydrogens (tertiary/aromatic N) is 2. The first-order valence-corrected chi connectivity index (χ1v) is 9.88. The molecule has 1 N–H and O–H groups in total. The van der Waals surface area contributed by atoms with Crippen LogP contribution < -0.4 is 20.2 Å². The number of para-hydroxylation sites is 1. The van der Waals surface area contributed by atoms with Crippen molar-refractivity contribution >= 4 is 28.9 Å². The van der Waals surface area contributed by atoms with E-state index in [1.807, 2.05) is 30.3 Å². The zero-order chi connectivity index (χ0) is 20.9. The number of aromatic carboxylic acids is 1. The highest BCUT2D eigenvalue weighted by atomic mass is 16.4. The van der Waals surface area contributed by atoms with Gasteiger partial charge in [-0.25, -0.2) is 0 Å². The number of benzene rings is 3. The third-order valence-electron chi connectivity index (χ3n) is 5.28. The molecule has 0 saturated carbocycles. The molecule has 0 bridgehead atoms. The molecule has 3 aromatic rings. The minimum absolute atomic E-state index is 0.0820. The van der Waals surface area contributed by atoms with E-state index in [1.165, 1.54) is 17.8 Å². The van der Waals surface area contributed by atoms with E-state index in [1.54, 1.807) is 12.1 Å². The van der Waals surface area contributed by atoms with Crippen molar-refractivity contribution in [1.29, 1.82) is 0 Å². The highest BCUT2D eigenvalue weighted by Crippen LogP contribution is 2.22. The molecule has 1 aliphatic rings. The van der Waals surface area contributed by atoms with Gasteiger partial charge in [0.15, 0.2) is 0 Å². The van der Waals surface area contributed by atoms with Gasteiger partial charge in [-0.1, -0.05) is 36.4 Å². The summed E-state index contributed by atoms with van der Waals surface area (Å²) in [7, 11) is 0. The molecule has 1 amide bonds. The molecule has 0 unspecified atom stereocenters. The van der Waals surface area contributed by atoms with Crippen LogP contribution in [-0.4, -0.2) is 38.1 Å². The van der Waals surface area contributed by atoms with E-state index in [0.29, 0.717) is 5.69 Å². The molecule has 1 fully saturated rings. The number of nitrogens with one attached hydrogen (secondary N) is 1. The van der Waals surface area contributed by atoms with Gasteiger partial charge in [0.1, 0.15) is 0 Å². The third-order valence-corrected chi connectivity index (χ3v) is 5.28. The van der Waals surface area contributed by atoms with Crippen LogP contribution >= 0.6 is 0 Å². The Morgan fingerprint density at radius 3 is 1.73 bits per heavy atom. The summed E-state index contributed by atoms with van der Waals surface area (Å²) in [5, 5.41) is 14.0. The maximum atomic E-state index is 12.5. The average molecular weight is 400 g/mol. The molecule has 0 aromatic heterocycles. The van der Waals surface area contributed by atoms with Gasteiger partial charge in [-0.05, 0) is 42.5 Å². The first-order valence-electron chi connectivity index (χ1n) is 9.88. The average Bonchev–Trinajstić information content (AvgIpc) is 2.80. The van der Waals surface area contributed by atoms with Gasteiger partial charge < -0.3 is 25.0 Å². The number of carbonyl (C=O) groups is 2. The fourth-order valence-corrected chi connectivity index (χ4v) is 3.67. The number of piperazine rings is 1. The Bertz CT molecular complexity index is 1030. The third kappa shape index (κ3) is 4.27. The van der Waals surface area contributed by atoms with E-state index < -0.39 is 11.9 Å². The van der Waals surface area contributed by atoms with Crippen LogP contribution in [-0.2, 0) is 0 Å². The normalized spacial score (nSPS) is 13.7. The van der Waals surface area contributed by atoms with Gasteiger partial charge in [0, 0.05) is 54.4 Å². The lowest BCUT2D eigenvalue weighted by Crippen LogP contribution is -2.46. The first-order chi connectivity index (χ1) is 14.6. The molecule has 30 heavy (non-hydrogen) atoms. The zero-order valence-corrected chi connectivity index (χ0v) is 16.5. The van der Waals surface area contributed by atoms with Crippen LogP contribution in [0.5, 0.6) is 0 Å². The lowest BCUT2D eigenvalue weighted by molar-refractivity contribution is -0.255. The minimum Gasteiger partial charge on any atom is -0.545 e. The van der Waals surface area contributed by atoms with Crippen LogP contribution in [0.25, 0.3) is 0 Å². The van der Waals surface area contributed by atoms with E-state index >= 15 is 0 Å². The van der Waals surface area contributed by atoms with Gasteiger partial charge in [-0.3, -0.25) is 4.79 Å². The second kappa shape index (κ2) is 8.69. The quantitative estimate of drug-likeness (QED) is 0.713. The monoisotopic (exact) mass is 400 g/mol. The summed E-state index contributed by atoms with van der Waals surface area (Å²) in [4.78, 5) is 28.4. The van der Waals surface area contributed by atoms with Crippen molar-refractivity contribution in [3.05, 3.63) is 90.0 Å². The van der Waals surface area contributed by atoms with Crippen LogP contribution in [0, 0.1) is 0 Å². The van der Waals surface area contributed by atoms with Crippen molar-refractivity contribution in [3.63, 3.8) is 0 Å². The van der Waals surface area contributed by atoms with Gasteiger partial charge >= 0.3 is 0 Å². The summed E-state index contributed by atoms with van der Waals surface area (Å²) in [6, 6.07) is 24.0. The second-order valence-corrected chi connectivity index (χ2v) is 7.14. The lowest BCUT2D eigenvalue weighted by Gasteiger charge is -2.37. The Labute approximate surface area is 175 Å². The molecule has 0 radical (unpaired) electrons. The molecule has 0 spiro atoms. The molecule has 1 aliphatic heterocycles. The number of carboxylic acid groups (broad SMARTS) is 1. The fraction of sp³-hybridized carbons (Fsp3) is 0.167. The van der Waals surface area contributed by atoms with Crippen molar-refractivity contribution in [2.24, 2.45) is 0 Å². The van der Waals surface area contributed by atoms with Gasteiger partial charge in [0.05, 0.1) is 5.97 Å². The van der Waals surface area contributed by atoms with Gasteiger partial charge in [-0.15, -0.1) is 0 Å². The number of anilines is 3. The highest BCUT2D eigenvalue weighted by Gasteiger charge is 2.18. The first kappa shape index (κ1) is 19.5. The maximum absolute atomic E-state index is 12.5. The molecule has 4 rings (SSSR count). The largest absolute Gasteiger partial charge is 0.545 e. The summed E-state index contributed by atoms with van der Waals surface area (Å²) in [6.07, 6.45) is 0. The molecule has 3 aromatic carbocycles. The number of carboxylic acids is 1. The molecule has 0 aliphatic carbocycles. The fourth-order valence-electron chi connectivity index (χ4n) is 3.67. The summed E-state index contributed by atoms with van der Waals surface area (Å²) >= 11 is 0. The number of amides is 1. The summed E-state index contributed by atoms with van der Waals surface area (Å²) in [5.74, 6) is -1.84. The van der Waals surface area contributed by atoms with Gasteiger partial charge in [0.25, 0.3) is 5.91 Å². The predicted molar refractivity (Wildman–Crippen MR) is 116 cm³/mol. The summed E-state index contributed by atoms with van der Waals surface area (Å²) < 4.78 is 0. The smallest absolute Gasteiger partial charge is 0.256 e. The van der Waals surface area contributed by atoms with Gasteiger partial charge in [-0.2, -0.15) is 0 Å². The second-order valence-electron chi connectivity index (χ2n) is 7.14. The Hall–Kier alpha value is -3.80. The van der Waals surface area contributed by atoms with E-state index in [0.717, 1.165) is 31.9 Å². The SMILES string of the molecule is O=C([O-])c1ccccc1C(=O)Nc1ccc(N2CCN(c3ccccc3)CC2)cc1. The molecule has 6 heteroatoms. The topological polar surface area (TPSA) is 75.7 Å². The van der Waals surface area contributed by atoms with Crippen molar-refractivity contribution in [2.75, 3.05) is 41.3 Å². The van der Waals surface area contributed by atoms with Crippen LogP contribution in [0.1, 0.15) is 20.7 Å². The molecule has 0 atom stereocenters. The van der Waals surface area contributed by atoms with Crippen molar-refractivity contribution < 1.29 is 14.7 Å². The molecular weight excluding hydrogens is 378 g/mol. The number of hydrogen-bond donors (Lipinski definition) is 1. The molecule has 1 heterocycles. The predicted octanol–water partition coefficient (Wildman–Crippen LogP) is 2.63.